The number of rotatable bonds is 5. The number of anilines is 1. The van der Waals surface area contributed by atoms with Crippen LogP contribution in [-0.4, -0.2) is 17.8 Å². The predicted molar refractivity (Wildman–Crippen MR) is 128 cm³/mol. The summed E-state index contributed by atoms with van der Waals surface area (Å²) in [5.41, 5.74) is 0.794. The fourth-order valence-corrected chi connectivity index (χ4v) is 3.90. The molecule has 0 bridgehead atoms. The van der Waals surface area contributed by atoms with E-state index in [0.717, 1.165) is 4.90 Å². The second-order valence-electron chi connectivity index (χ2n) is 7.16. The number of imide groups is 2. The van der Waals surface area contributed by atoms with E-state index in [1.807, 2.05) is 0 Å². The smallest absolute Gasteiger partial charge is 0.335 e. The zero-order chi connectivity index (χ0) is 24.4. The maximum absolute atomic E-state index is 13.2. The molecule has 1 N–H and O–H groups in total. The second-order valence-corrected chi connectivity index (χ2v) is 8.44. The minimum absolute atomic E-state index is 0.0351. The number of carbonyl (C=O) groups is 3. The van der Waals surface area contributed by atoms with Gasteiger partial charge in [0.15, 0.2) is 0 Å². The highest BCUT2D eigenvalue weighted by Crippen LogP contribution is 2.35. The summed E-state index contributed by atoms with van der Waals surface area (Å²) >= 11 is 18.3. The molecule has 0 spiro atoms. The number of hydrogen-bond acceptors (Lipinski definition) is 4. The zero-order valence-electron chi connectivity index (χ0n) is 17.2. The average Bonchev–Trinajstić information content (AvgIpc) is 2.78. The van der Waals surface area contributed by atoms with Gasteiger partial charge in [0, 0.05) is 15.6 Å². The number of benzene rings is 3. The number of carbonyl (C=O) groups excluding carboxylic acids is 3. The third kappa shape index (κ3) is 5.07. The van der Waals surface area contributed by atoms with Crippen LogP contribution in [0.15, 0.2) is 66.2 Å². The number of halogens is 4. The van der Waals surface area contributed by atoms with Gasteiger partial charge in [-0.05, 0) is 60.2 Å². The Balaban J connectivity index is 1.70. The van der Waals surface area contributed by atoms with E-state index in [-0.39, 0.29) is 45.0 Å². The molecule has 1 fully saturated rings. The van der Waals surface area contributed by atoms with Crippen LogP contribution in [0.2, 0.25) is 15.1 Å². The summed E-state index contributed by atoms with van der Waals surface area (Å²) < 4.78 is 19.0. The Labute approximate surface area is 208 Å². The molecule has 0 radical (unpaired) electrons. The van der Waals surface area contributed by atoms with Crippen LogP contribution in [0.1, 0.15) is 11.1 Å². The van der Waals surface area contributed by atoms with Gasteiger partial charge in [-0.15, -0.1) is 0 Å². The minimum Gasteiger partial charge on any atom is -0.487 e. The summed E-state index contributed by atoms with van der Waals surface area (Å²) in [7, 11) is 0. The van der Waals surface area contributed by atoms with Crippen LogP contribution < -0.4 is 15.0 Å². The van der Waals surface area contributed by atoms with Crippen LogP contribution >= 0.6 is 34.8 Å². The van der Waals surface area contributed by atoms with E-state index < -0.39 is 17.8 Å². The van der Waals surface area contributed by atoms with Gasteiger partial charge in [-0.2, -0.15) is 0 Å². The number of amides is 4. The van der Waals surface area contributed by atoms with Crippen LogP contribution in [0.4, 0.5) is 14.9 Å². The van der Waals surface area contributed by atoms with Crippen molar-refractivity contribution in [1.82, 2.24) is 5.32 Å². The lowest BCUT2D eigenvalue weighted by Gasteiger charge is -2.26. The monoisotopic (exact) mass is 518 g/mol. The summed E-state index contributed by atoms with van der Waals surface area (Å²) in [5, 5.41) is 2.92. The number of urea groups is 1. The molecule has 34 heavy (non-hydrogen) atoms. The second kappa shape index (κ2) is 9.85. The zero-order valence-corrected chi connectivity index (χ0v) is 19.4. The Hall–Kier alpha value is -3.39. The highest BCUT2D eigenvalue weighted by Gasteiger charge is 2.37. The van der Waals surface area contributed by atoms with E-state index in [0.29, 0.717) is 10.6 Å². The van der Waals surface area contributed by atoms with Crippen molar-refractivity contribution in [2.75, 3.05) is 4.90 Å². The summed E-state index contributed by atoms with van der Waals surface area (Å²) in [5.74, 6) is -1.98. The fourth-order valence-electron chi connectivity index (χ4n) is 3.21. The first-order valence-electron chi connectivity index (χ1n) is 9.76. The Morgan fingerprint density at radius 3 is 2.26 bits per heavy atom. The summed E-state index contributed by atoms with van der Waals surface area (Å²) in [6, 6.07) is 13.6. The molecule has 4 rings (SSSR count). The molecule has 0 saturated carbocycles. The SMILES string of the molecule is O=C1NC(=O)N(c2ccc(Cl)cc2)C(=O)/C1=C/c1cc(Cl)cc(Cl)c1OCc1ccc(F)cc1. The van der Waals surface area contributed by atoms with Crippen molar-refractivity contribution in [2.24, 2.45) is 0 Å². The highest BCUT2D eigenvalue weighted by atomic mass is 35.5. The van der Waals surface area contributed by atoms with E-state index in [9.17, 15) is 18.8 Å². The molecule has 6 nitrogen and oxygen atoms in total. The largest absolute Gasteiger partial charge is 0.487 e. The number of nitrogens with zero attached hydrogens (tertiary/aromatic N) is 1. The molecule has 0 aliphatic carbocycles. The van der Waals surface area contributed by atoms with Gasteiger partial charge in [0.05, 0.1) is 10.7 Å². The van der Waals surface area contributed by atoms with Crippen molar-refractivity contribution in [1.29, 1.82) is 0 Å². The van der Waals surface area contributed by atoms with Crippen LogP contribution in [0.5, 0.6) is 5.75 Å². The van der Waals surface area contributed by atoms with E-state index >= 15 is 0 Å². The van der Waals surface area contributed by atoms with E-state index in [1.54, 1.807) is 12.1 Å². The molecule has 0 unspecified atom stereocenters. The van der Waals surface area contributed by atoms with Gasteiger partial charge in [-0.25, -0.2) is 14.1 Å². The van der Waals surface area contributed by atoms with Gasteiger partial charge in [0.2, 0.25) is 0 Å². The number of nitrogens with one attached hydrogen (secondary N) is 1. The topological polar surface area (TPSA) is 75.7 Å². The van der Waals surface area contributed by atoms with Crippen LogP contribution in [0.3, 0.4) is 0 Å². The van der Waals surface area contributed by atoms with E-state index in [1.165, 1.54) is 54.6 Å². The minimum atomic E-state index is -0.897. The lowest BCUT2D eigenvalue weighted by atomic mass is 10.1. The molecule has 3 aromatic rings. The molecule has 3 aromatic carbocycles. The van der Waals surface area contributed by atoms with E-state index in [2.05, 4.69) is 5.32 Å². The Bertz CT molecular complexity index is 1330. The quantitative estimate of drug-likeness (QED) is 0.330. The standard InChI is InChI=1S/C24H14Cl3FN2O4/c25-15-3-7-18(8-4-15)30-23(32)19(22(31)29-24(30)33)10-14-9-16(26)11-20(27)21(14)34-12-13-1-5-17(28)6-2-13/h1-11H,12H2,(H,29,31,33)/b19-10+. The normalized spacial score (nSPS) is 15.0. The van der Waals surface area contributed by atoms with Gasteiger partial charge in [-0.3, -0.25) is 14.9 Å². The van der Waals surface area contributed by atoms with Crippen molar-refractivity contribution in [2.45, 2.75) is 6.61 Å². The molecule has 1 saturated heterocycles. The maximum Gasteiger partial charge on any atom is 0.335 e. The van der Waals surface area contributed by atoms with Gasteiger partial charge in [0.1, 0.15) is 23.7 Å². The molecule has 0 aromatic heterocycles. The van der Waals surface area contributed by atoms with Crippen molar-refractivity contribution >= 4 is 64.4 Å². The van der Waals surface area contributed by atoms with Gasteiger partial charge in [0.25, 0.3) is 11.8 Å². The van der Waals surface area contributed by atoms with Crippen molar-refractivity contribution in [3.63, 3.8) is 0 Å². The molecule has 1 aliphatic heterocycles. The molecule has 0 atom stereocenters. The summed E-state index contributed by atoms with van der Waals surface area (Å²) in [4.78, 5) is 38.9. The number of hydrogen-bond donors (Lipinski definition) is 1. The Morgan fingerprint density at radius 2 is 1.59 bits per heavy atom. The summed E-state index contributed by atoms with van der Waals surface area (Å²) in [6.45, 7) is 0.0351. The number of ether oxygens (including phenoxy) is 1. The third-order valence-corrected chi connectivity index (χ3v) is 5.57. The number of barbiturate groups is 1. The third-order valence-electron chi connectivity index (χ3n) is 4.82. The van der Waals surface area contributed by atoms with Crippen LogP contribution in [0.25, 0.3) is 6.08 Å². The molecule has 4 amide bonds. The molecule has 1 heterocycles. The van der Waals surface area contributed by atoms with Crippen molar-refractivity contribution in [3.8, 4) is 5.75 Å². The van der Waals surface area contributed by atoms with Gasteiger partial charge in [-0.1, -0.05) is 46.9 Å². The summed E-state index contributed by atoms with van der Waals surface area (Å²) in [6.07, 6.45) is 1.24. The molecule has 10 heteroatoms. The predicted octanol–water partition coefficient (Wildman–Crippen LogP) is 6.03. The first-order chi connectivity index (χ1) is 16.2. The molecule has 1 aliphatic rings. The van der Waals surface area contributed by atoms with Crippen molar-refractivity contribution < 1.29 is 23.5 Å². The van der Waals surface area contributed by atoms with Crippen molar-refractivity contribution in [3.05, 3.63) is 98.2 Å². The lowest BCUT2D eigenvalue weighted by molar-refractivity contribution is -0.122. The first kappa shape index (κ1) is 23.8. The maximum atomic E-state index is 13.2. The first-order valence-corrected chi connectivity index (χ1v) is 10.9. The molecule has 172 valence electrons. The molecular weight excluding hydrogens is 506 g/mol. The average molecular weight is 520 g/mol. The van der Waals surface area contributed by atoms with Gasteiger partial charge >= 0.3 is 6.03 Å². The molecular formula is C24H14Cl3FN2O4. The Kier molecular flexibility index (Phi) is 6.88. The fraction of sp³-hybridized carbons (Fsp3) is 0.0417. The van der Waals surface area contributed by atoms with E-state index in [4.69, 9.17) is 39.5 Å². The lowest BCUT2D eigenvalue weighted by Crippen LogP contribution is -2.54. The van der Waals surface area contributed by atoms with Gasteiger partial charge < -0.3 is 4.74 Å². The highest BCUT2D eigenvalue weighted by molar-refractivity contribution is 6.40. The van der Waals surface area contributed by atoms with Crippen LogP contribution in [0, 0.1) is 5.82 Å². The van der Waals surface area contributed by atoms with Crippen LogP contribution in [-0.2, 0) is 16.2 Å². The Morgan fingerprint density at radius 1 is 0.912 bits per heavy atom.